The number of ether oxygens (including phenoxy) is 1. The molecule has 2 saturated carbocycles. The van der Waals surface area contributed by atoms with Crippen molar-refractivity contribution >= 4 is 55.9 Å². The summed E-state index contributed by atoms with van der Waals surface area (Å²) in [6.07, 6.45) is 16.8. The molecule has 4 N–H and O–H groups in total. The molecule has 2 amide bonds. The first-order valence-corrected chi connectivity index (χ1v) is 23.6. The number of carbonyl (C=O) groups is 2. The molecule has 2 aliphatic carbocycles. The number of likely N-dealkylation sites (tertiary alicyclic amines) is 1. The number of carbonyl (C=O) groups excluding carboxylic acids is 2. The number of aromatic nitrogens is 5. The first kappa shape index (κ1) is 42.0. The molecule has 3 unspecified atom stereocenters. The number of aromatic hydroxyl groups is 1. The molecule has 67 heavy (non-hydrogen) atoms. The van der Waals surface area contributed by atoms with E-state index in [1.54, 1.807) is 6.20 Å². The summed E-state index contributed by atoms with van der Waals surface area (Å²) in [4.78, 5) is 43.4. The summed E-state index contributed by atoms with van der Waals surface area (Å²) in [7, 11) is 1.90. The van der Waals surface area contributed by atoms with Gasteiger partial charge in [-0.3, -0.25) is 24.6 Å². The minimum absolute atomic E-state index is 0.0363. The Morgan fingerprint density at radius 1 is 0.985 bits per heavy atom. The molecule has 6 fully saturated rings. The average Bonchev–Trinajstić information content (AvgIpc) is 3.89. The highest BCUT2D eigenvalue weighted by molar-refractivity contribution is 6.04. The molecule has 1 spiro atoms. The number of imide groups is 1. The topological polar surface area (TPSA) is 163 Å². The van der Waals surface area contributed by atoms with Gasteiger partial charge in [-0.05, 0) is 118 Å². The SMILES string of the molecule is C#Cc1c(F)ccc2cc(O)cc(-c3ncc4c(N5CC6CCC(C5)N6)nc(OCC5(CN6CCC7(CC6)CC(Nc6ccc8c(C9CCC(=O)NC9=O)nn(C)c8c6)C7)CC5)nc4c3F)c12. The number of hydrogen-bond acceptors (Lipinski definition) is 12. The smallest absolute Gasteiger partial charge is 0.319 e. The molecule has 7 heterocycles. The van der Waals surface area contributed by atoms with Crippen LogP contribution in [0.4, 0.5) is 20.3 Å². The maximum absolute atomic E-state index is 17.1. The zero-order valence-corrected chi connectivity index (χ0v) is 37.4. The van der Waals surface area contributed by atoms with Crippen molar-refractivity contribution < 1.29 is 28.2 Å². The summed E-state index contributed by atoms with van der Waals surface area (Å²) in [5.74, 6) is 0.573. The third kappa shape index (κ3) is 7.47. The van der Waals surface area contributed by atoms with Crippen LogP contribution in [0.1, 0.15) is 81.4 Å². The van der Waals surface area contributed by atoms with E-state index in [0.29, 0.717) is 72.7 Å². The molecule has 4 saturated heterocycles. The van der Waals surface area contributed by atoms with Crippen molar-refractivity contribution in [3.63, 3.8) is 0 Å². The van der Waals surface area contributed by atoms with Crippen LogP contribution in [-0.2, 0) is 16.6 Å². The van der Waals surface area contributed by atoms with Crippen molar-refractivity contribution in [2.45, 2.75) is 88.3 Å². The summed E-state index contributed by atoms with van der Waals surface area (Å²) in [6, 6.07) is 12.9. The van der Waals surface area contributed by atoms with Crippen molar-refractivity contribution in [3.05, 3.63) is 71.6 Å². The number of aryl methyl sites for hydroxylation is 1. The second-order valence-corrected chi connectivity index (χ2v) is 20.3. The fourth-order valence-electron chi connectivity index (χ4n) is 12.0. The van der Waals surface area contributed by atoms with Gasteiger partial charge in [-0.1, -0.05) is 12.0 Å². The van der Waals surface area contributed by atoms with Crippen molar-refractivity contribution in [3.8, 4) is 35.4 Å². The number of piperidine rings is 2. The van der Waals surface area contributed by atoms with Gasteiger partial charge in [0.2, 0.25) is 11.8 Å². The summed E-state index contributed by atoms with van der Waals surface area (Å²) < 4.78 is 40.5. The number of nitrogens with one attached hydrogen (secondary N) is 3. The predicted molar refractivity (Wildman–Crippen MR) is 250 cm³/mol. The fraction of sp³-hybridized carbons (Fsp3) is 0.451. The van der Waals surface area contributed by atoms with Gasteiger partial charge in [0.25, 0.3) is 0 Å². The maximum Gasteiger partial charge on any atom is 0.319 e. The van der Waals surface area contributed by atoms with Gasteiger partial charge in [0, 0.05) is 84.9 Å². The fourth-order valence-corrected chi connectivity index (χ4v) is 12.0. The molecule has 16 heteroatoms. The zero-order valence-electron chi connectivity index (χ0n) is 37.4. The van der Waals surface area contributed by atoms with E-state index in [-0.39, 0.29) is 56.7 Å². The van der Waals surface area contributed by atoms with Crippen LogP contribution in [0.25, 0.3) is 43.8 Å². The van der Waals surface area contributed by atoms with Gasteiger partial charge in [0.05, 0.1) is 34.7 Å². The highest BCUT2D eigenvalue weighted by Gasteiger charge is 2.49. The van der Waals surface area contributed by atoms with Crippen LogP contribution in [0.15, 0.2) is 48.7 Å². The van der Waals surface area contributed by atoms with E-state index in [2.05, 4.69) is 48.8 Å². The summed E-state index contributed by atoms with van der Waals surface area (Å²) >= 11 is 0. The second-order valence-electron chi connectivity index (χ2n) is 20.3. The number of nitrogens with zero attached hydrogens (tertiary/aromatic N) is 7. The van der Waals surface area contributed by atoms with Crippen LogP contribution in [0, 0.1) is 34.8 Å². The number of terminal acetylenes is 1. The predicted octanol–water partition coefficient (Wildman–Crippen LogP) is 6.67. The number of anilines is 2. The lowest BCUT2D eigenvalue weighted by Gasteiger charge is -2.53. The van der Waals surface area contributed by atoms with Crippen LogP contribution in [0.5, 0.6) is 11.8 Å². The average molecular weight is 907 g/mol. The minimum atomic E-state index is -0.727. The van der Waals surface area contributed by atoms with Crippen LogP contribution in [-0.4, -0.2) is 104 Å². The first-order chi connectivity index (χ1) is 32.4. The molecular weight excluding hydrogens is 855 g/mol. The quantitative estimate of drug-likeness (QED) is 0.0855. The highest BCUT2D eigenvalue weighted by atomic mass is 19.1. The van der Waals surface area contributed by atoms with Crippen LogP contribution in [0.3, 0.4) is 0 Å². The molecule has 344 valence electrons. The molecule has 3 aromatic heterocycles. The molecule has 6 aliphatic rings. The first-order valence-electron chi connectivity index (χ1n) is 23.6. The Labute approximate surface area is 385 Å². The molecule has 3 atom stereocenters. The van der Waals surface area contributed by atoms with Gasteiger partial charge in [0.1, 0.15) is 28.6 Å². The molecule has 3 aromatic carbocycles. The number of piperazine rings is 1. The summed E-state index contributed by atoms with van der Waals surface area (Å²) in [5, 5.41) is 27.4. The lowest BCUT2D eigenvalue weighted by Crippen LogP contribution is -2.52. The van der Waals surface area contributed by atoms with Crippen LogP contribution < -0.4 is 25.6 Å². The molecular formula is C51H52F2N10O4. The highest BCUT2D eigenvalue weighted by Crippen LogP contribution is 2.52. The number of pyridine rings is 1. The maximum atomic E-state index is 17.1. The van der Waals surface area contributed by atoms with Crippen molar-refractivity contribution in [1.29, 1.82) is 0 Å². The van der Waals surface area contributed by atoms with Crippen molar-refractivity contribution in [1.82, 2.24) is 40.3 Å². The van der Waals surface area contributed by atoms with Crippen molar-refractivity contribution in [2.75, 3.05) is 49.5 Å². The lowest BCUT2D eigenvalue weighted by molar-refractivity contribution is -0.134. The van der Waals surface area contributed by atoms with Gasteiger partial charge in [-0.15, -0.1) is 6.42 Å². The summed E-state index contributed by atoms with van der Waals surface area (Å²) in [6.45, 7) is 4.79. The van der Waals surface area contributed by atoms with Gasteiger partial charge in [-0.25, -0.2) is 8.78 Å². The van der Waals surface area contributed by atoms with Gasteiger partial charge >= 0.3 is 6.01 Å². The van der Waals surface area contributed by atoms with E-state index in [1.807, 2.05) is 17.8 Å². The number of benzene rings is 3. The Balaban J connectivity index is 0.727. The van der Waals surface area contributed by atoms with E-state index in [9.17, 15) is 14.7 Å². The Bertz CT molecular complexity index is 3060. The zero-order chi connectivity index (χ0) is 45.8. The third-order valence-corrected chi connectivity index (χ3v) is 15.7. The molecule has 6 aromatic rings. The standard InChI is InChI=1S/C51H52F2N10O4/c1-3-34-39(52)10-4-28-18-33(64)20-37(42(28)34)45-43(53)46-38(23-54-45)47(63-24-30-5-6-31(25-63)56-30)59-49(58-46)67-27-51(12-13-51)26-62-16-14-50(15-17-62)21-32(22-50)55-29-7-8-35-40(19-29)61(2)60-44(35)36-9-11-41(65)57-48(36)66/h1,4,7-8,10,18-20,23,30-32,36,55-56,64H,5-6,9,11-17,21-22,24-27H2,2H3,(H,57,65,66). The van der Waals surface area contributed by atoms with E-state index in [1.165, 1.54) is 24.3 Å². The second kappa shape index (κ2) is 15.8. The number of halogens is 2. The van der Waals surface area contributed by atoms with Gasteiger partial charge < -0.3 is 30.3 Å². The number of fused-ring (bicyclic) bond motifs is 5. The minimum Gasteiger partial charge on any atom is -0.508 e. The Morgan fingerprint density at radius 3 is 2.52 bits per heavy atom. The Morgan fingerprint density at radius 2 is 1.78 bits per heavy atom. The number of phenolic OH excluding ortho intramolecular Hbond substituents is 1. The Kier molecular flexibility index (Phi) is 9.92. The molecule has 4 aliphatic heterocycles. The molecule has 12 rings (SSSR count). The number of hydrogen-bond donors (Lipinski definition) is 4. The van der Waals surface area contributed by atoms with Crippen LogP contribution >= 0.6 is 0 Å². The number of rotatable bonds is 10. The normalized spacial score (nSPS) is 23.4. The Hall–Kier alpha value is -6.44. The van der Waals surface area contributed by atoms with Gasteiger partial charge in [0.15, 0.2) is 5.82 Å². The van der Waals surface area contributed by atoms with Gasteiger partial charge in [-0.2, -0.15) is 15.1 Å². The monoisotopic (exact) mass is 906 g/mol. The number of phenols is 1. The van der Waals surface area contributed by atoms with E-state index in [4.69, 9.17) is 26.2 Å². The van der Waals surface area contributed by atoms with E-state index >= 15 is 8.78 Å². The number of amides is 2. The van der Waals surface area contributed by atoms with Crippen LogP contribution in [0.2, 0.25) is 0 Å². The molecule has 14 nitrogen and oxygen atoms in total. The van der Waals surface area contributed by atoms with E-state index < -0.39 is 17.6 Å². The summed E-state index contributed by atoms with van der Waals surface area (Å²) in [5.41, 5.74) is 3.09. The third-order valence-electron chi connectivity index (χ3n) is 15.7. The largest absolute Gasteiger partial charge is 0.508 e. The molecule has 2 bridgehead atoms. The van der Waals surface area contributed by atoms with E-state index in [0.717, 1.165) is 93.3 Å². The molecule has 0 radical (unpaired) electrons. The lowest BCUT2D eigenvalue weighted by atomic mass is 9.60. The van der Waals surface area contributed by atoms with Crippen molar-refractivity contribution in [2.24, 2.45) is 17.9 Å².